The molecule has 1 atom stereocenters. The van der Waals surface area contributed by atoms with E-state index in [9.17, 15) is 0 Å². The molecule has 122 valence electrons. The van der Waals surface area contributed by atoms with Crippen molar-refractivity contribution in [3.63, 3.8) is 0 Å². The van der Waals surface area contributed by atoms with Crippen LogP contribution < -0.4 is 4.90 Å². The Kier molecular flexibility index (Phi) is 4.17. The number of hydrogen-bond donors (Lipinski definition) is 0. The first-order valence-corrected chi connectivity index (χ1v) is 8.37. The number of hydrogen-bond acceptors (Lipinski definition) is 5. The van der Waals surface area contributed by atoms with Gasteiger partial charge in [-0.2, -0.15) is 0 Å². The standard InChI is InChI=1S/C18H17ClN4O/c19-15-4-1-3-13(9-15)10-16-11-22-17(24-16)14-5-8-23(12-14)18-20-6-2-7-21-18/h1-4,6-7,9,11,14H,5,8,10,12H2/t14-/m0/s1. The fraction of sp³-hybridized carbons (Fsp3) is 0.278. The van der Waals surface area contributed by atoms with Crippen LogP contribution in [-0.4, -0.2) is 28.0 Å². The second-order valence-corrected chi connectivity index (χ2v) is 6.39. The monoisotopic (exact) mass is 340 g/mol. The Bertz CT molecular complexity index is 821. The molecule has 0 saturated carbocycles. The lowest BCUT2D eigenvalue weighted by Gasteiger charge is -2.14. The first-order chi connectivity index (χ1) is 11.8. The molecule has 3 heterocycles. The molecule has 0 bridgehead atoms. The number of nitrogens with zero attached hydrogens (tertiary/aromatic N) is 4. The van der Waals surface area contributed by atoms with Crippen LogP contribution in [0.1, 0.15) is 29.6 Å². The number of anilines is 1. The summed E-state index contributed by atoms with van der Waals surface area (Å²) < 4.78 is 5.97. The third-order valence-electron chi connectivity index (χ3n) is 4.21. The predicted octanol–water partition coefficient (Wildman–Crippen LogP) is 3.70. The van der Waals surface area contributed by atoms with Gasteiger partial charge in [0.15, 0.2) is 5.89 Å². The lowest BCUT2D eigenvalue weighted by molar-refractivity contribution is 0.433. The molecule has 1 aromatic carbocycles. The summed E-state index contributed by atoms with van der Waals surface area (Å²) in [7, 11) is 0. The average molecular weight is 341 g/mol. The Morgan fingerprint density at radius 2 is 2.04 bits per heavy atom. The molecule has 3 aromatic rings. The second kappa shape index (κ2) is 6.61. The van der Waals surface area contributed by atoms with Crippen LogP contribution in [0.25, 0.3) is 0 Å². The fourth-order valence-corrected chi connectivity index (χ4v) is 3.25. The molecular weight excluding hydrogens is 324 g/mol. The molecule has 0 N–H and O–H groups in total. The van der Waals surface area contributed by atoms with E-state index in [0.717, 1.165) is 47.7 Å². The minimum atomic E-state index is 0.280. The van der Waals surface area contributed by atoms with Crippen molar-refractivity contribution in [2.24, 2.45) is 0 Å². The lowest BCUT2D eigenvalue weighted by atomic mass is 10.1. The van der Waals surface area contributed by atoms with Crippen molar-refractivity contribution >= 4 is 17.5 Å². The minimum Gasteiger partial charge on any atom is -0.445 e. The summed E-state index contributed by atoms with van der Waals surface area (Å²) in [6.45, 7) is 1.75. The Morgan fingerprint density at radius 1 is 1.17 bits per heavy atom. The zero-order valence-corrected chi connectivity index (χ0v) is 13.9. The highest BCUT2D eigenvalue weighted by Gasteiger charge is 2.28. The van der Waals surface area contributed by atoms with E-state index in [0.29, 0.717) is 6.42 Å². The molecule has 5 nitrogen and oxygen atoms in total. The molecule has 1 aliphatic heterocycles. The first kappa shape index (κ1) is 15.1. The second-order valence-electron chi connectivity index (χ2n) is 5.95. The van der Waals surface area contributed by atoms with Gasteiger partial charge in [-0.05, 0) is 30.2 Å². The molecule has 4 rings (SSSR count). The van der Waals surface area contributed by atoms with Crippen molar-refractivity contribution in [1.82, 2.24) is 15.0 Å². The number of aromatic nitrogens is 3. The Balaban J connectivity index is 1.44. The third kappa shape index (κ3) is 3.26. The first-order valence-electron chi connectivity index (χ1n) is 7.99. The fourth-order valence-electron chi connectivity index (χ4n) is 3.04. The van der Waals surface area contributed by atoms with E-state index in [1.165, 1.54) is 0 Å². The highest BCUT2D eigenvalue weighted by Crippen LogP contribution is 2.29. The molecule has 1 aliphatic rings. The highest BCUT2D eigenvalue weighted by molar-refractivity contribution is 6.30. The maximum Gasteiger partial charge on any atom is 0.225 e. The van der Waals surface area contributed by atoms with E-state index < -0.39 is 0 Å². The van der Waals surface area contributed by atoms with Crippen LogP contribution in [0.2, 0.25) is 5.02 Å². The van der Waals surface area contributed by atoms with Gasteiger partial charge in [-0.1, -0.05) is 23.7 Å². The number of benzene rings is 1. The summed E-state index contributed by atoms with van der Waals surface area (Å²) in [4.78, 5) is 15.3. The van der Waals surface area contributed by atoms with Gasteiger partial charge in [0, 0.05) is 36.9 Å². The molecule has 2 aromatic heterocycles. The molecule has 0 spiro atoms. The van der Waals surface area contributed by atoms with Gasteiger partial charge >= 0.3 is 0 Å². The van der Waals surface area contributed by atoms with Crippen LogP contribution in [0, 0.1) is 0 Å². The summed E-state index contributed by atoms with van der Waals surface area (Å²) in [6.07, 6.45) is 7.05. The summed E-state index contributed by atoms with van der Waals surface area (Å²) in [5.41, 5.74) is 1.12. The zero-order chi connectivity index (χ0) is 16.4. The SMILES string of the molecule is Clc1cccc(Cc2cnc([C@H]3CCN(c4ncccn4)C3)o2)c1. The largest absolute Gasteiger partial charge is 0.445 e. The molecule has 0 radical (unpaired) electrons. The van der Waals surface area contributed by atoms with E-state index in [2.05, 4.69) is 19.9 Å². The van der Waals surface area contributed by atoms with E-state index in [1.807, 2.05) is 36.5 Å². The molecule has 24 heavy (non-hydrogen) atoms. The van der Waals surface area contributed by atoms with E-state index in [-0.39, 0.29) is 5.92 Å². The number of rotatable bonds is 4. The van der Waals surface area contributed by atoms with Crippen molar-refractivity contribution in [2.75, 3.05) is 18.0 Å². The maximum atomic E-state index is 6.03. The van der Waals surface area contributed by atoms with Crippen LogP contribution in [0.4, 0.5) is 5.95 Å². The molecule has 0 amide bonds. The Hall–Kier alpha value is -2.40. The van der Waals surface area contributed by atoms with E-state index in [1.54, 1.807) is 12.4 Å². The van der Waals surface area contributed by atoms with Crippen LogP contribution in [0.5, 0.6) is 0 Å². The molecule has 1 fully saturated rings. The van der Waals surface area contributed by atoms with Crippen molar-refractivity contribution in [3.05, 3.63) is 71.2 Å². The smallest absolute Gasteiger partial charge is 0.225 e. The van der Waals surface area contributed by atoms with Crippen molar-refractivity contribution in [1.29, 1.82) is 0 Å². The lowest BCUT2D eigenvalue weighted by Crippen LogP contribution is -2.21. The predicted molar refractivity (Wildman–Crippen MR) is 92.4 cm³/mol. The van der Waals surface area contributed by atoms with Crippen LogP contribution in [0.3, 0.4) is 0 Å². The van der Waals surface area contributed by atoms with Gasteiger partial charge in [-0.25, -0.2) is 15.0 Å². The number of oxazole rings is 1. The molecular formula is C18H17ClN4O. The third-order valence-corrected chi connectivity index (χ3v) is 4.45. The Labute approximate surface area is 145 Å². The zero-order valence-electron chi connectivity index (χ0n) is 13.1. The van der Waals surface area contributed by atoms with Gasteiger partial charge in [0.1, 0.15) is 5.76 Å². The summed E-state index contributed by atoms with van der Waals surface area (Å²) >= 11 is 6.03. The van der Waals surface area contributed by atoms with Crippen LogP contribution in [0.15, 0.2) is 53.3 Å². The van der Waals surface area contributed by atoms with E-state index in [4.69, 9.17) is 16.0 Å². The summed E-state index contributed by atoms with van der Waals surface area (Å²) in [5, 5.41) is 0.738. The minimum absolute atomic E-state index is 0.280. The summed E-state index contributed by atoms with van der Waals surface area (Å²) in [6, 6.07) is 9.64. The molecule has 0 aliphatic carbocycles. The van der Waals surface area contributed by atoms with Crippen molar-refractivity contribution < 1.29 is 4.42 Å². The normalized spacial score (nSPS) is 17.4. The van der Waals surface area contributed by atoms with Gasteiger partial charge in [-0.3, -0.25) is 0 Å². The number of halogens is 1. The topological polar surface area (TPSA) is 55.1 Å². The Morgan fingerprint density at radius 3 is 2.88 bits per heavy atom. The van der Waals surface area contributed by atoms with Crippen molar-refractivity contribution in [2.45, 2.75) is 18.8 Å². The van der Waals surface area contributed by atoms with Gasteiger partial charge in [0.2, 0.25) is 5.95 Å². The quantitative estimate of drug-likeness (QED) is 0.724. The van der Waals surface area contributed by atoms with Gasteiger partial charge < -0.3 is 9.32 Å². The van der Waals surface area contributed by atoms with Crippen LogP contribution >= 0.6 is 11.6 Å². The van der Waals surface area contributed by atoms with E-state index >= 15 is 0 Å². The highest BCUT2D eigenvalue weighted by atomic mass is 35.5. The van der Waals surface area contributed by atoms with Gasteiger partial charge in [-0.15, -0.1) is 0 Å². The van der Waals surface area contributed by atoms with Crippen LogP contribution in [-0.2, 0) is 6.42 Å². The van der Waals surface area contributed by atoms with Gasteiger partial charge in [0.05, 0.1) is 12.1 Å². The van der Waals surface area contributed by atoms with Crippen molar-refractivity contribution in [3.8, 4) is 0 Å². The maximum absolute atomic E-state index is 6.03. The van der Waals surface area contributed by atoms with Gasteiger partial charge in [0.25, 0.3) is 0 Å². The molecule has 6 heteroatoms. The summed E-state index contributed by atoms with van der Waals surface area (Å²) in [5.74, 6) is 2.71. The molecule has 1 saturated heterocycles. The molecule has 0 unspecified atom stereocenters. The average Bonchev–Trinajstić information content (AvgIpc) is 3.25.